The van der Waals surface area contributed by atoms with Crippen molar-refractivity contribution in [2.24, 2.45) is 0 Å². The third kappa shape index (κ3) is 4.42. The lowest BCUT2D eigenvalue weighted by molar-refractivity contribution is 0.710. The molecule has 0 atom stereocenters. The molecule has 0 aliphatic rings. The van der Waals surface area contributed by atoms with Crippen molar-refractivity contribution in [3.8, 4) is 0 Å². The minimum Gasteiger partial charge on any atom is -0.382 e. The first-order valence-corrected chi connectivity index (χ1v) is 9.66. The highest BCUT2D eigenvalue weighted by Crippen LogP contribution is 2.29. The molecule has 0 aromatic carbocycles. The lowest BCUT2D eigenvalue weighted by Crippen LogP contribution is -2.30. The molecular weight excluding hydrogens is 328 g/mol. The van der Waals surface area contributed by atoms with Gasteiger partial charge in [-0.2, -0.15) is 9.97 Å². The number of nitrogens with two attached hydrogens (primary N) is 2. The molecule has 4 N–H and O–H groups in total. The van der Waals surface area contributed by atoms with Gasteiger partial charge in [0.1, 0.15) is 11.0 Å². The summed E-state index contributed by atoms with van der Waals surface area (Å²) < 4.78 is 0. The van der Waals surface area contributed by atoms with Gasteiger partial charge in [-0.05, 0) is 25.7 Å². The predicted octanol–water partition coefficient (Wildman–Crippen LogP) is 2.84. The summed E-state index contributed by atoms with van der Waals surface area (Å²) in [4.78, 5) is 22.6. The maximum atomic E-state index is 6.13. The maximum absolute atomic E-state index is 6.13. The summed E-state index contributed by atoms with van der Waals surface area (Å²) in [5, 5.41) is 0. The summed E-state index contributed by atoms with van der Waals surface area (Å²) in [7, 11) is 0. The first kappa shape index (κ1) is 19.9. The van der Waals surface area contributed by atoms with Crippen LogP contribution in [-0.4, -0.2) is 46.1 Å². The molecule has 2 rings (SSSR count). The van der Waals surface area contributed by atoms with Gasteiger partial charge in [0.2, 0.25) is 11.9 Å². The highest BCUT2D eigenvalue weighted by atomic mass is 15.3. The molecule has 2 aromatic heterocycles. The fourth-order valence-corrected chi connectivity index (χ4v) is 3.11. The molecule has 0 fully saturated rings. The van der Waals surface area contributed by atoms with Gasteiger partial charge in [0.25, 0.3) is 0 Å². The summed E-state index contributed by atoms with van der Waals surface area (Å²) in [6.07, 6.45) is 4.09. The second-order valence-corrected chi connectivity index (χ2v) is 6.49. The molecule has 0 amide bonds. The number of rotatable bonds is 10. The molecule has 0 unspecified atom stereocenters. The second kappa shape index (κ2) is 9.35. The molecule has 0 radical (unpaired) electrons. The van der Waals surface area contributed by atoms with Gasteiger partial charge < -0.3 is 21.3 Å². The van der Waals surface area contributed by atoms with Gasteiger partial charge in [-0.1, -0.05) is 27.7 Å². The predicted molar refractivity (Wildman–Crippen MR) is 110 cm³/mol. The van der Waals surface area contributed by atoms with E-state index in [1.54, 1.807) is 0 Å². The first-order valence-electron chi connectivity index (χ1n) is 9.66. The van der Waals surface area contributed by atoms with Crippen molar-refractivity contribution in [2.75, 3.05) is 47.4 Å². The zero-order valence-electron chi connectivity index (χ0n) is 16.5. The Morgan fingerprint density at radius 2 is 1.19 bits per heavy atom. The van der Waals surface area contributed by atoms with Crippen LogP contribution in [0.2, 0.25) is 0 Å². The minimum atomic E-state index is 0.152. The van der Waals surface area contributed by atoms with Crippen LogP contribution < -0.4 is 21.3 Å². The molecule has 0 aliphatic heterocycles. The number of nitrogens with zero attached hydrogens (tertiary/aromatic N) is 6. The Bertz CT molecular complexity index is 706. The van der Waals surface area contributed by atoms with Crippen LogP contribution in [0.4, 0.5) is 23.5 Å². The Hall–Kier alpha value is -2.38. The van der Waals surface area contributed by atoms with E-state index in [4.69, 9.17) is 21.4 Å². The number of hydrogen-bond acceptors (Lipinski definition) is 8. The van der Waals surface area contributed by atoms with Crippen LogP contribution in [-0.2, 0) is 0 Å². The van der Waals surface area contributed by atoms with Crippen molar-refractivity contribution in [3.63, 3.8) is 0 Å². The Kier molecular flexibility index (Phi) is 7.17. The summed E-state index contributed by atoms with van der Waals surface area (Å²) >= 11 is 0. The average molecular weight is 361 g/mol. The highest BCUT2D eigenvalue weighted by molar-refractivity contribution is 5.93. The van der Waals surface area contributed by atoms with Crippen molar-refractivity contribution in [3.05, 3.63) is 0 Å². The van der Waals surface area contributed by atoms with Gasteiger partial charge in [-0.15, -0.1) is 0 Å². The molecule has 0 bridgehead atoms. The number of nitrogen functional groups attached to an aromatic ring is 2. The fourth-order valence-electron chi connectivity index (χ4n) is 3.11. The highest BCUT2D eigenvalue weighted by Gasteiger charge is 2.20. The summed E-state index contributed by atoms with van der Waals surface area (Å²) in [6.45, 7) is 12.2. The third-order valence-electron chi connectivity index (χ3n) is 4.11. The molecule has 144 valence electrons. The standard InChI is InChI=1S/C18H32N8/c1-5-9-25(10-6-2)16-14-13(15(19)23-17(20)21-14)22-18(24-16)26(11-7-3)12-8-4/h5-12H2,1-4H3,(H4,19,20,21,23). The molecule has 0 saturated carbocycles. The Morgan fingerprint density at radius 3 is 1.73 bits per heavy atom. The largest absolute Gasteiger partial charge is 0.382 e. The van der Waals surface area contributed by atoms with Gasteiger partial charge in [-0.3, -0.25) is 0 Å². The molecule has 2 aromatic rings. The van der Waals surface area contributed by atoms with Crippen LogP contribution in [0.5, 0.6) is 0 Å². The van der Waals surface area contributed by atoms with E-state index in [0.29, 0.717) is 22.8 Å². The topological polar surface area (TPSA) is 110 Å². The zero-order valence-corrected chi connectivity index (χ0v) is 16.5. The van der Waals surface area contributed by atoms with Crippen molar-refractivity contribution in [2.45, 2.75) is 53.4 Å². The quantitative estimate of drug-likeness (QED) is 0.665. The third-order valence-corrected chi connectivity index (χ3v) is 4.11. The van der Waals surface area contributed by atoms with E-state index >= 15 is 0 Å². The zero-order chi connectivity index (χ0) is 19.1. The molecule has 0 spiro atoms. The molecular formula is C18H32N8. The van der Waals surface area contributed by atoms with E-state index in [2.05, 4.69) is 47.5 Å². The Labute approximate surface area is 156 Å². The summed E-state index contributed by atoms with van der Waals surface area (Å²) in [5.74, 6) is 1.94. The molecule has 26 heavy (non-hydrogen) atoms. The average Bonchev–Trinajstić information content (AvgIpc) is 2.61. The lowest BCUT2D eigenvalue weighted by atomic mass is 10.3. The van der Waals surface area contributed by atoms with Crippen LogP contribution in [0.1, 0.15) is 53.4 Å². The van der Waals surface area contributed by atoms with Crippen LogP contribution in [0.15, 0.2) is 0 Å². The van der Waals surface area contributed by atoms with Gasteiger partial charge in [0, 0.05) is 26.2 Å². The molecule has 2 heterocycles. The van der Waals surface area contributed by atoms with Crippen molar-refractivity contribution in [1.29, 1.82) is 0 Å². The first-order chi connectivity index (χ1) is 12.5. The van der Waals surface area contributed by atoms with Crippen molar-refractivity contribution >= 4 is 34.6 Å². The molecule has 8 heteroatoms. The number of aromatic nitrogens is 4. The van der Waals surface area contributed by atoms with E-state index in [-0.39, 0.29) is 5.95 Å². The van der Waals surface area contributed by atoms with Crippen LogP contribution in [0, 0.1) is 0 Å². The van der Waals surface area contributed by atoms with Gasteiger partial charge in [0.05, 0.1) is 0 Å². The number of fused-ring (bicyclic) bond motifs is 1. The van der Waals surface area contributed by atoms with Gasteiger partial charge in [-0.25, -0.2) is 9.97 Å². The summed E-state index contributed by atoms with van der Waals surface area (Å²) in [5.41, 5.74) is 13.2. The Balaban J connectivity index is 2.68. The fraction of sp³-hybridized carbons (Fsp3) is 0.667. The van der Waals surface area contributed by atoms with Crippen molar-refractivity contribution in [1.82, 2.24) is 19.9 Å². The number of hydrogen-bond donors (Lipinski definition) is 2. The Morgan fingerprint density at radius 1 is 0.654 bits per heavy atom. The molecule has 0 aliphatic carbocycles. The molecule has 8 nitrogen and oxygen atoms in total. The van der Waals surface area contributed by atoms with Crippen LogP contribution in [0.25, 0.3) is 11.0 Å². The van der Waals surface area contributed by atoms with E-state index in [9.17, 15) is 0 Å². The van der Waals surface area contributed by atoms with Gasteiger partial charge >= 0.3 is 0 Å². The SMILES string of the molecule is CCCN(CCC)c1nc(N(CCC)CCC)c2nc(N)nc(N)c2n1. The smallest absolute Gasteiger partial charge is 0.228 e. The van der Waals surface area contributed by atoms with Crippen LogP contribution in [0.3, 0.4) is 0 Å². The molecule has 0 saturated heterocycles. The van der Waals surface area contributed by atoms with E-state index in [0.717, 1.165) is 57.7 Å². The normalized spacial score (nSPS) is 11.1. The van der Waals surface area contributed by atoms with Crippen LogP contribution >= 0.6 is 0 Å². The second-order valence-electron chi connectivity index (χ2n) is 6.49. The van der Waals surface area contributed by atoms with E-state index in [1.807, 2.05) is 0 Å². The summed E-state index contributed by atoms with van der Waals surface area (Å²) in [6, 6.07) is 0. The maximum Gasteiger partial charge on any atom is 0.228 e. The van der Waals surface area contributed by atoms with Crippen molar-refractivity contribution < 1.29 is 0 Å². The number of anilines is 4. The minimum absolute atomic E-state index is 0.152. The van der Waals surface area contributed by atoms with E-state index < -0.39 is 0 Å². The van der Waals surface area contributed by atoms with E-state index in [1.165, 1.54) is 0 Å². The lowest BCUT2D eigenvalue weighted by Gasteiger charge is -2.27. The monoisotopic (exact) mass is 360 g/mol. The van der Waals surface area contributed by atoms with Gasteiger partial charge in [0.15, 0.2) is 11.6 Å².